The minimum Gasteiger partial charge on any atom is -0.276 e. The number of benzene rings is 3. The van der Waals surface area contributed by atoms with Crippen molar-refractivity contribution >= 4 is 33.4 Å². The number of aromatic nitrogens is 1. The first-order valence-corrected chi connectivity index (χ1v) is 7.44. The molecule has 4 rings (SSSR count). The number of carbonyl (C=O) groups excluding carboxylic acids is 1. The Morgan fingerprint density at radius 1 is 0.833 bits per heavy atom. The Labute approximate surface area is 136 Å². The summed E-state index contributed by atoms with van der Waals surface area (Å²) in [5.74, 6) is -0.157. The normalized spacial score (nSPS) is 11.0. The third-order valence-electron chi connectivity index (χ3n) is 4.09. The molecule has 0 aliphatic heterocycles. The van der Waals surface area contributed by atoms with Crippen LogP contribution in [0.4, 0.5) is 5.69 Å². The Balaban J connectivity index is 2.07. The zero-order valence-electron chi connectivity index (χ0n) is 12.5. The third-order valence-corrected chi connectivity index (χ3v) is 4.09. The fourth-order valence-corrected chi connectivity index (χ4v) is 3.00. The van der Waals surface area contributed by atoms with E-state index in [-0.39, 0.29) is 11.6 Å². The van der Waals surface area contributed by atoms with Crippen LogP contribution in [0, 0.1) is 10.1 Å². The van der Waals surface area contributed by atoms with Gasteiger partial charge in [-0.1, -0.05) is 36.4 Å². The van der Waals surface area contributed by atoms with E-state index in [4.69, 9.17) is 0 Å². The molecule has 0 saturated carbocycles. The van der Waals surface area contributed by atoms with E-state index in [0.717, 1.165) is 10.9 Å². The molecule has 0 aliphatic rings. The fraction of sp³-hybridized carbons (Fsp3) is 0. The maximum Gasteiger partial charge on any atom is 0.270 e. The fourth-order valence-electron chi connectivity index (χ4n) is 3.00. The van der Waals surface area contributed by atoms with Crippen LogP contribution in [-0.4, -0.2) is 15.4 Å². The van der Waals surface area contributed by atoms with Crippen molar-refractivity contribution in [3.63, 3.8) is 0 Å². The van der Waals surface area contributed by atoms with Gasteiger partial charge in [0.25, 0.3) is 11.6 Å². The van der Waals surface area contributed by atoms with E-state index in [1.165, 1.54) is 12.1 Å². The molecule has 0 atom stereocenters. The van der Waals surface area contributed by atoms with Crippen molar-refractivity contribution in [1.29, 1.82) is 0 Å². The van der Waals surface area contributed by atoms with E-state index < -0.39 is 4.92 Å². The number of para-hydroxylation sites is 1. The van der Waals surface area contributed by atoms with Gasteiger partial charge in [-0.25, -0.2) is 0 Å². The lowest BCUT2D eigenvalue weighted by Crippen LogP contribution is -2.11. The lowest BCUT2D eigenvalue weighted by atomic mass is 10.1. The molecule has 3 aromatic carbocycles. The smallest absolute Gasteiger partial charge is 0.270 e. The zero-order valence-corrected chi connectivity index (χ0v) is 12.5. The molecule has 5 heteroatoms. The number of hydrogen-bond acceptors (Lipinski definition) is 3. The Kier molecular flexibility index (Phi) is 3.13. The lowest BCUT2D eigenvalue weighted by Gasteiger charge is -2.06. The van der Waals surface area contributed by atoms with Crippen molar-refractivity contribution in [2.45, 2.75) is 0 Å². The molecule has 5 nitrogen and oxygen atoms in total. The van der Waals surface area contributed by atoms with Crippen LogP contribution in [0.1, 0.15) is 10.4 Å². The average molecular weight is 316 g/mol. The number of fused-ring (bicyclic) bond motifs is 3. The van der Waals surface area contributed by atoms with Crippen LogP contribution in [0.5, 0.6) is 0 Å². The maximum atomic E-state index is 13.0. The number of non-ortho nitro benzene ring substituents is 1. The van der Waals surface area contributed by atoms with Crippen molar-refractivity contribution in [3.05, 3.63) is 88.5 Å². The van der Waals surface area contributed by atoms with Gasteiger partial charge in [0.15, 0.2) is 0 Å². The minimum absolute atomic E-state index is 0.0116. The molecule has 0 saturated heterocycles. The van der Waals surface area contributed by atoms with Crippen molar-refractivity contribution in [2.75, 3.05) is 0 Å². The average Bonchev–Trinajstić information content (AvgIpc) is 2.95. The summed E-state index contributed by atoms with van der Waals surface area (Å²) in [4.78, 5) is 23.6. The second-order valence-electron chi connectivity index (χ2n) is 5.48. The summed E-state index contributed by atoms with van der Waals surface area (Å²) in [5.41, 5.74) is 1.98. The first-order valence-electron chi connectivity index (χ1n) is 7.44. The number of nitro groups is 1. The summed E-state index contributed by atoms with van der Waals surface area (Å²) in [6, 6.07) is 21.0. The molecule has 0 amide bonds. The number of nitro benzene ring substituents is 1. The molecule has 0 bridgehead atoms. The van der Waals surface area contributed by atoms with Gasteiger partial charge in [0.1, 0.15) is 0 Å². The molecule has 24 heavy (non-hydrogen) atoms. The number of nitrogens with zero attached hydrogens (tertiary/aromatic N) is 2. The molecule has 0 spiro atoms. The Bertz CT molecular complexity index is 1100. The monoisotopic (exact) mass is 316 g/mol. The van der Waals surface area contributed by atoms with Crippen molar-refractivity contribution in [2.24, 2.45) is 0 Å². The summed E-state index contributed by atoms with van der Waals surface area (Å²) in [5, 5.41) is 12.6. The van der Waals surface area contributed by atoms with Crippen LogP contribution < -0.4 is 0 Å². The molecular weight excluding hydrogens is 304 g/mol. The number of hydrogen-bond donors (Lipinski definition) is 0. The maximum absolute atomic E-state index is 13.0. The standard InChI is InChI=1S/C19H12N2O3/c22-19(13-6-2-1-3-7-13)20-17-9-5-4-8-15(17)16-12-14(21(23)24)10-11-18(16)20/h1-12H. The SMILES string of the molecule is O=C(c1ccccc1)n1c2ccccc2c2cc([N+](=O)[O-])ccc21. The highest BCUT2D eigenvalue weighted by Gasteiger charge is 2.19. The van der Waals surface area contributed by atoms with Crippen LogP contribution in [0.2, 0.25) is 0 Å². The van der Waals surface area contributed by atoms with Gasteiger partial charge in [0.2, 0.25) is 0 Å². The van der Waals surface area contributed by atoms with Gasteiger partial charge in [-0.3, -0.25) is 19.5 Å². The van der Waals surface area contributed by atoms with E-state index in [2.05, 4.69) is 0 Å². The van der Waals surface area contributed by atoms with Crippen molar-refractivity contribution < 1.29 is 9.72 Å². The quantitative estimate of drug-likeness (QED) is 0.407. The molecule has 116 valence electrons. The van der Waals surface area contributed by atoms with Crippen LogP contribution >= 0.6 is 0 Å². The van der Waals surface area contributed by atoms with E-state index in [1.54, 1.807) is 22.8 Å². The first-order chi connectivity index (χ1) is 11.7. The molecular formula is C19H12N2O3. The second kappa shape index (κ2) is 5.31. The Morgan fingerprint density at radius 3 is 2.25 bits per heavy atom. The molecule has 0 fully saturated rings. The molecule has 0 aliphatic carbocycles. The highest BCUT2D eigenvalue weighted by atomic mass is 16.6. The van der Waals surface area contributed by atoms with E-state index >= 15 is 0 Å². The third kappa shape index (κ3) is 2.06. The van der Waals surface area contributed by atoms with Gasteiger partial charge in [-0.05, 0) is 24.3 Å². The van der Waals surface area contributed by atoms with Crippen molar-refractivity contribution in [3.8, 4) is 0 Å². The minimum atomic E-state index is -0.426. The molecule has 0 N–H and O–H groups in total. The van der Waals surface area contributed by atoms with Crippen LogP contribution in [0.3, 0.4) is 0 Å². The summed E-state index contributed by atoms with van der Waals surface area (Å²) in [6.07, 6.45) is 0. The van der Waals surface area contributed by atoms with Gasteiger partial charge < -0.3 is 0 Å². The topological polar surface area (TPSA) is 65.1 Å². The highest BCUT2D eigenvalue weighted by Crippen LogP contribution is 2.32. The number of rotatable bonds is 2. The van der Waals surface area contributed by atoms with E-state index in [9.17, 15) is 14.9 Å². The van der Waals surface area contributed by atoms with Gasteiger partial charge in [0.05, 0.1) is 16.0 Å². The molecule has 4 aromatic rings. The van der Waals surface area contributed by atoms with Crippen LogP contribution in [0.25, 0.3) is 21.8 Å². The summed E-state index contributed by atoms with van der Waals surface area (Å²) in [6.45, 7) is 0. The van der Waals surface area contributed by atoms with E-state index in [1.807, 2.05) is 42.5 Å². The van der Waals surface area contributed by atoms with Gasteiger partial charge >= 0.3 is 0 Å². The molecule has 1 aromatic heterocycles. The van der Waals surface area contributed by atoms with Crippen LogP contribution in [0.15, 0.2) is 72.8 Å². The zero-order chi connectivity index (χ0) is 16.7. The summed E-state index contributed by atoms with van der Waals surface area (Å²) >= 11 is 0. The molecule has 0 unspecified atom stereocenters. The first kappa shape index (κ1) is 14.1. The predicted molar refractivity (Wildman–Crippen MR) is 92.3 cm³/mol. The summed E-state index contributed by atoms with van der Waals surface area (Å²) in [7, 11) is 0. The highest BCUT2D eigenvalue weighted by molar-refractivity contribution is 6.16. The predicted octanol–water partition coefficient (Wildman–Crippen LogP) is 4.39. The van der Waals surface area contributed by atoms with Gasteiger partial charge in [0, 0.05) is 28.5 Å². The summed E-state index contributed by atoms with van der Waals surface area (Å²) < 4.78 is 1.61. The second-order valence-corrected chi connectivity index (χ2v) is 5.48. The lowest BCUT2D eigenvalue weighted by molar-refractivity contribution is -0.384. The molecule has 0 radical (unpaired) electrons. The van der Waals surface area contributed by atoms with Gasteiger partial charge in [-0.2, -0.15) is 0 Å². The Morgan fingerprint density at radius 2 is 1.50 bits per heavy atom. The number of carbonyl (C=O) groups is 1. The largest absolute Gasteiger partial charge is 0.276 e. The van der Waals surface area contributed by atoms with E-state index in [0.29, 0.717) is 16.5 Å². The van der Waals surface area contributed by atoms with Crippen molar-refractivity contribution in [1.82, 2.24) is 4.57 Å². The molecule has 1 heterocycles. The van der Waals surface area contributed by atoms with Gasteiger partial charge in [-0.15, -0.1) is 0 Å². The Hall–Kier alpha value is -3.47. The van der Waals surface area contributed by atoms with Crippen LogP contribution in [-0.2, 0) is 0 Å².